The molecule has 0 amide bonds. The highest BCUT2D eigenvalue weighted by Crippen LogP contribution is 2.22. The average molecular weight is 236 g/mol. The molecule has 0 saturated heterocycles. The molecule has 2 rings (SSSR count). The minimum Gasteiger partial charge on any atom is -0.308 e. The summed E-state index contributed by atoms with van der Waals surface area (Å²) in [5.41, 5.74) is 2.02. The zero-order chi connectivity index (χ0) is 11.7. The van der Waals surface area contributed by atoms with Crippen molar-refractivity contribution < 1.29 is 0 Å². The molecule has 16 heavy (non-hydrogen) atoms. The number of nitrogens with zero attached hydrogens (tertiary/aromatic N) is 1. The summed E-state index contributed by atoms with van der Waals surface area (Å²) < 4.78 is 1.80. The van der Waals surface area contributed by atoms with E-state index in [0.717, 1.165) is 34.5 Å². The molecular formula is C13H14ClNO. The van der Waals surface area contributed by atoms with Crippen molar-refractivity contribution in [3.05, 3.63) is 45.2 Å². The van der Waals surface area contributed by atoms with Crippen molar-refractivity contribution in [2.24, 2.45) is 0 Å². The number of hydrogen-bond donors (Lipinski definition) is 0. The third-order valence-electron chi connectivity index (χ3n) is 2.72. The van der Waals surface area contributed by atoms with Crippen molar-refractivity contribution in [3.63, 3.8) is 0 Å². The standard InChI is InChI=1S/C13H14ClNO/c1-3-6-15-12-7-9(2)11(14)8-10(12)4-5-13(15)16/h4-5,7-8H,3,6H2,1-2H3. The summed E-state index contributed by atoms with van der Waals surface area (Å²) in [6, 6.07) is 7.32. The first-order valence-electron chi connectivity index (χ1n) is 5.43. The van der Waals surface area contributed by atoms with Crippen molar-refractivity contribution in [1.29, 1.82) is 0 Å². The maximum atomic E-state index is 11.7. The summed E-state index contributed by atoms with van der Waals surface area (Å²) in [5.74, 6) is 0. The van der Waals surface area contributed by atoms with Crippen LogP contribution in [0.3, 0.4) is 0 Å². The van der Waals surface area contributed by atoms with Crippen LogP contribution in [0.5, 0.6) is 0 Å². The second-order valence-corrected chi connectivity index (χ2v) is 4.39. The molecule has 0 atom stereocenters. The SMILES string of the molecule is CCCn1c(=O)ccc2cc(Cl)c(C)cc21. The third kappa shape index (κ3) is 1.85. The number of pyridine rings is 1. The highest BCUT2D eigenvalue weighted by Gasteiger charge is 2.04. The Hall–Kier alpha value is -1.28. The van der Waals surface area contributed by atoms with E-state index in [2.05, 4.69) is 6.92 Å². The molecule has 0 N–H and O–H groups in total. The largest absolute Gasteiger partial charge is 0.308 e. The van der Waals surface area contributed by atoms with Crippen LogP contribution in [0.25, 0.3) is 10.9 Å². The second-order valence-electron chi connectivity index (χ2n) is 3.98. The summed E-state index contributed by atoms with van der Waals surface area (Å²) >= 11 is 6.07. The molecule has 1 aromatic heterocycles. The lowest BCUT2D eigenvalue weighted by Gasteiger charge is -2.10. The topological polar surface area (TPSA) is 22.0 Å². The van der Waals surface area contributed by atoms with Crippen LogP contribution in [0.1, 0.15) is 18.9 Å². The number of aromatic nitrogens is 1. The number of halogens is 1. The van der Waals surface area contributed by atoms with Gasteiger partial charge in [-0.1, -0.05) is 18.5 Å². The Morgan fingerprint density at radius 3 is 2.75 bits per heavy atom. The molecule has 0 aliphatic heterocycles. The summed E-state index contributed by atoms with van der Waals surface area (Å²) in [7, 11) is 0. The van der Waals surface area contributed by atoms with Gasteiger partial charge >= 0.3 is 0 Å². The van der Waals surface area contributed by atoms with Crippen LogP contribution in [0.2, 0.25) is 5.02 Å². The van der Waals surface area contributed by atoms with Gasteiger partial charge in [0.05, 0.1) is 5.52 Å². The van der Waals surface area contributed by atoms with Crippen LogP contribution in [-0.2, 0) is 6.54 Å². The summed E-state index contributed by atoms with van der Waals surface area (Å²) in [4.78, 5) is 11.7. The molecule has 3 heteroatoms. The van der Waals surface area contributed by atoms with Gasteiger partial charge in [-0.3, -0.25) is 4.79 Å². The quantitative estimate of drug-likeness (QED) is 0.782. The van der Waals surface area contributed by atoms with E-state index in [1.165, 1.54) is 0 Å². The molecular weight excluding hydrogens is 222 g/mol. The molecule has 1 aromatic carbocycles. The second kappa shape index (κ2) is 4.30. The van der Waals surface area contributed by atoms with E-state index < -0.39 is 0 Å². The highest BCUT2D eigenvalue weighted by molar-refractivity contribution is 6.32. The molecule has 0 bridgehead atoms. The lowest BCUT2D eigenvalue weighted by Crippen LogP contribution is -2.19. The minimum absolute atomic E-state index is 0.0519. The number of fused-ring (bicyclic) bond motifs is 1. The number of aryl methyl sites for hydroxylation is 2. The molecule has 0 saturated carbocycles. The maximum Gasteiger partial charge on any atom is 0.251 e. The molecule has 2 nitrogen and oxygen atoms in total. The van der Waals surface area contributed by atoms with Crippen molar-refractivity contribution in [2.45, 2.75) is 26.8 Å². The van der Waals surface area contributed by atoms with E-state index in [1.807, 2.05) is 25.1 Å². The van der Waals surface area contributed by atoms with E-state index in [-0.39, 0.29) is 5.56 Å². The van der Waals surface area contributed by atoms with Gasteiger partial charge in [0.15, 0.2) is 0 Å². The molecule has 0 aliphatic carbocycles. The Morgan fingerprint density at radius 2 is 2.06 bits per heavy atom. The fourth-order valence-electron chi connectivity index (χ4n) is 1.87. The van der Waals surface area contributed by atoms with E-state index in [4.69, 9.17) is 11.6 Å². The van der Waals surface area contributed by atoms with Crippen LogP contribution in [-0.4, -0.2) is 4.57 Å². The number of benzene rings is 1. The van der Waals surface area contributed by atoms with Crippen molar-refractivity contribution in [1.82, 2.24) is 4.57 Å². The molecule has 1 heterocycles. The predicted molar refractivity (Wildman–Crippen MR) is 68.2 cm³/mol. The Balaban J connectivity index is 2.81. The normalized spacial score (nSPS) is 10.9. The van der Waals surface area contributed by atoms with Gasteiger partial charge in [-0.25, -0.2) is 0 Å². The third-order valence-corrected chi connectivity index (χ3v) is 3.12. The van der Waals surface area contributed by atoms with Crippen LogP contribution in [0.4, 0.5) is 0 Å². The summed E-state index contributed by atoms with van der Waals surface area (Å²) in [6.07, 6.45) is 0.945. The average Bonchev–Trinajstić information content (AvgIpc) is 2.25. The van der Waals surface area contributed by atoms with Crippen LogP contribution < -0.4 is 5.56 Å². The van der Waals surface area contributed by atoms with Gasteiger partial charge in [-0.15, -0.1) is 0 Å². The van der Waals surface area contributed by atoms with Gasteiger partial charge in [-0.2, -0.15) is 0 Å². The maximum absolute atomic E-state index is 11.7. The Morgan fingerprint density at radius 1 is 1.31 bits per heavy atom. The molecule has 0 unspecified atom stereocenters. The Kier molecular flexibility index (Phi) is 3.01. The Labute approximate surface area is 99.5 Å². The lowest BCUT2D eigenvalue weighted by molar-refractivity contribution is 0.678. The molecule has 0 aliphatic rings. The van der Waals surface area contributed by atoms with Crippen molar-refractivity contribution >= 4 is 22.5 Å². The van der Waals surface area contributed by atoms with Gasteiger partial charge in [0.2, 0.25) is 0 Å². The van der Waals surface area contributed by atoms with Gasteiger partial charge in [0.25, 0.3) is 5.56 Å². The first-order chi connectivity index (χ1) is 7.63. The fraction of sp³-hybridized carbons (Fsp3) is 0.308. The smallest absolute Gasteiger partial charge is 0.251 e. The monoisotopic (exact) mass is 235 g/mol. The van der Waals surface area contributed by atoms with Crippen molar-refractivity contribution in [3.8, 4) is 0 Å². The molecule has 2 aromatic rings. The van der Waals surface area contributed by atoms with E-state index in [9.17, 15) is 4.79 Å². The molecule has 0 radical (unpaired) electrons. The van der Waals surface area contributed by atoms with Gasteiger partial charge in [0, 0.05) is 17.6 Å². The summed E-state index contributed by atoms with van der Waals surface area (Å²) in [6.45, 7) is 4.76. The highest BCUT2D eigenvalue weighted by atomic mass is 35.5. The van der Waals surface area contributed by atoms with Gasteiger partial charge < -0.3 is 4.57 Å². The zero-order valence-electron chi connectivity index (χ0n) is 9.46. The molecule has 0 spiro atoms. The first kappa shape index (κ1) is 11.2. The lowest BCUT2D eigenvalue weighted by atomic mass is 10.1. The molecule has 0 fully saturated rings. The Bertz CT molecular complexity index is 586. The minimum atomic E-state index is 0.0519. The van der Waals surface area contributed by atoms with Crippen LogP contribution in [0.15, 0.2) is 29.1 Å². The van der Waals surface area contributed by atoms with Gasteiger partial charge in [-0.05, 0) is 42.5 Å². The van der Waals surface area contributed by atoms with E-state index in [0.29, 0.717) is 0 Å². The zero-order valence-corrected chi connectivity index (χ0v) is 10.2. The summed E-state index contributed by atoms with van der Waals surface area (Å²) in [5, 5.41) is 1.76. The van der Waals surface area contributed by atoms with Crippen LogP contribution in [0, 0.1) is 6.92 Å². The molecule has 84 valence electrons. The first-order valence-corrected chi connectivity index (χ1v) is 5.81. The van der Waals surface area contributed by atoms with E-state index >= 15 is 0 Å². The van der Waals surface area contributed by atoms with Crippen LogP contribution >= 0.6 is 11.6 Å². The van der Waals surface area contributed by atoms with Gasteiger partial charge in [0.1, 0.15) is 0 Å². The fourth-order valence-corrected chi connectivity index (χ4v) is 2.05. The van der Waals surface area contributed by atoms with E-state index in [1.54, 1.807) is 10.6 Å². The van der Waals surface area contributed by atoms with Crippen molar-refractivity contribution in [2.75, 3.05) is 0 Å². The number of rotatable bonds is 2. The predicted octanol–water partition coefficient (Wildman–Crippen LogP) is 3.37. The number of hydrogen-bond acceptors (Lipinski definition) is 1.